The van der Waals surface area contributed by atoms with Crippen LogP contribution in [-0.4, -0.2) is 18.1 Å². The molecule has 0 amide bonds. The molecule has 0 saturated heterocycles. The Bertz CT molecular complexity index is 706. The first-order valence-electron chi connectivity index (χ1n) is 6.98. The van der Waals surface area contributed by atoms with E-state index in [0.29, 0.717) is 6.04 Å². The molecule has 0 aliphatic rings. The molecule has 0 spiro atoms. The maximum absolute atomic E-state index is 5.35. The van der Waals surface area contributed by atoms with Gasteiger partial charge in [0.25, 0.3) is 0 Å². The molecular formula is C16H18N2O2S. The van der Waals surface area contributed by atoms with Gasteiger partial charge in [0, 0.05) is 12.5 Å². The number of aryl methyl sites for hydroxylation is 1. The predicted octanol–water partition coefficient (Wildman–Crippen LogP) is 4.33. The topological polar surface area (TPSA) is 47.3 Å². The fourth-order valence-electron chi connectivity index (χ4n) is 2.19. The normalized spacial score (nSPS) is 12.5. The summed E-state index contributed by atoms with van der Waals surface area (Å²) < 4.78 is 11.7. The summed E-state index contributed by atoms with van der Waals surface area (Å²) in [4.78, 5) is 4.60. The third kappa shape index (κ3) is 3.36. The number of thiazole rings is 1. The summed E-state index contributed by atoms with van der Waals surface area (Å²) in [7, 11) is 1.68. The van der Waals surface area contributed by atoms with Crippen LogP contribution in [0, 0.1) is 0 Å². The second kappa shape index (κ2) is 6.18. The lowest BCUT2D eigenvalue weighted by atomic mass is 10.1. The first-order chi connectivity index (χ1) is 10.2. The molecule has 1 unspecified atom stereocenters. The summed E-state index contributed by atoms with van der Waals surface area (Å²) >= 11 is 1.65. The van der Waals surface area contributed by atoms with E-state index in [4.69, 9.17) is 9.15 Å². The molecule has 0 bridgehead atoms. The summed E-state index contributed by atoms with van der Waals surface area (Å²) in [6, 6.07) is 10.2. The van der Waals surface area contributed by atoms with Crippen molar-refractivity contribution in [3.05, 3.63) is 42.4 Å². The number of hydrogen-bond acceptors (Lipinski definition) is 5. The maximum atomic E-state index is 5.35. The van der Waals surface area contributed by atoms with Crippen LogP contribution < -0.4 is 10.1 Å². The van der Waals surface area contributed by atoms with Crippen molar-refractivity contribution in [2.75, 3.05) is 12.4 Å². The van der Waals surface area contributed by atoms with Crippen molar-refractivity contribution in [1.29, 1.82) is 0 Å². The van der Waals surface area contributed by atoms with E-state index < -0.39 is 0 Å². The van der Waals surface area contributed by atoms with Gasteiger partial charge in [0.05, 0.1) is 23.6 Å². The summed E-state index contributed by atoms with van der Waals surface area (Å²) in [6.07, 6.45) is 3.65. The Morgan fingerprint density at radius 3 is 3.05 bits per heavy atom. The second-order valence-electron chi connectivity index (χ2n) is 5.02. The zero-order chi connectivity index (χ0) is 14.7. The van der Waals surface area contributed by atoms with E-state index in [2.05, 4.69) is 17.2 Å². The summed E-state index contributed by atoms with van der Waals surface area (Å²) in [5.41, 5.74) is 1.00. The number of aromatic nitrogens is 1. The van der Waals surface area contributed by atoms with Crippen LogP contribution in [0.15, 0.2) is 41.0 Å². The van der Waals surface area contributed by atoms with E-state index in [0.717, 1.165) is 39.7 Å². The van der Waals surface area contributed by atoms with E-state index >= 15 is 0 Å². The standard InChI is InChI=1S/C16H18N2O2S/c1-11(5-6-12-4-3-9-20-12)17-16-18-14-8-7-13(19-2)10-15(14)21-16/h3-4,7-11H,5-6H2,1-2H3,(H,17,18). The smallest absolute Gasteiger partial charge is 0.184 e. The van der Waals surface area contributed by atoms with Crippen LogP contribution in [0.3, 0.4) is 0 Å². The molecule has 2 heterocycles. The zero-order valence-electron chi connectivity index (χ0n) is 12.1. The molecule has 0 fully saturated rings. The number of benzene rings is 1. The highest BCUT2D eigenvalue weighted by molar-refractivity contribution is 7.22. The zero-order valence-corrected chi connectivity index (χ0v) is 12.9. The van der Waals surface area contributed by atoms with E-state index in [9.17, 15) is 0 Å². The molecule has 110 valence electrons. The van der Waals surface area contributed by atoms with Gasteiger partial charge in [-0.1, -0.05) is 11.3 Å². The van der Waals surface area contributed by atoms with Gasteiger partial charge in [-0.3, -0.25) is 0 Å². The lowest BCUT2D eigenvalue weighted by Gasteiger charge is -2.11. The Kier molecular flexibility index (Phi) is 4.10. The summed E-state index contributed by atoms with van der Waals surface area (Å²) in [5.74, 6) is 1.89. The largest absolute Gasteiger partial charge is 0.497 e. The molecule has 1 N–H and O–H groups in total. The molecule has 4 nitrogen and oxygen atoms in total. The Balaban J connectivity index is 1.63. The van der Waals surface area contributed by atoms with Crippen molar-refractivity contribution in [2.24, 2.45) is 0 Å². The van der Waals surface area contributed by atoms with Crippen molar-refractivity contribution < 1.29 is 9.15 Å². The van der Waals surface area contributed by atoms with E-state index in [1.54, 1.807) is 24.7 Å². The minimum atomic E-state index is 0.345. The lowest BCUT2D eigenvalue weighted by molar-refractivity contribution is 0.415. The van der Waals surface area contributed by atoms with Crippen LogP contribution in [0.25, 0.3) is 10.2 Å². The van der Waals surface area contributed by atoms with Gasteiger partial charge < -0.3 is 14.5 Å². The highest BCUT2D eigenvalue weighted by Crippen LogP contribution is 2.29. The average Bonchev–Trinajstić information content (AvgIpc) is 3.13. The molecule has 5 heteroatoms. The van der Waals surface area contributed by atoms with Crippen LogP contribution in [0.5, 0.6) is 5.75 Å². The van der Waals surface area contributed by atoms with Crippen LogP contribution >= 0.6 is 11.3 Å². The molecule has 0 saturated carbocycles. The van der Waals surface area contributed by atoms with Gasteiger partial charge in [-0.15, -0.1) is 0 Å². The van der Waals surface area contributed by atoms with Crippen molar-refractivity contribution in [3.8, 4) is 5.75 Å². The van der Waals surface area contributed by atoms with Gasteiger partial charge >= 0.3 is 0 Å². The molecule has 0 aliphatic carbocycles. The third-order valence-corrected chi connectivity index (χ3v) is 4.32. The number of rotatable bonds is 6. The number of ether oxygens (including phenoxy) is 1. The SMILES string of the molecule is COc1ccc2nc(NC(C)CCc3ccco3)sc2c1. The van der Waals surface area contributed by atoms with Gasteiger partial charge in [-0.05, 0) is 43.7 Å². The van der Waals surface area contributed by atoms with Crippen LogP contribution in [-0.2, 0) is 6.42 Å². The van der Waals surface area contributed by atoms with Crippen molar-refractivity contribution in [3.63, 3.8) is 0 Å². The summed E-state index contributed by atoms with van der Waals surface area (Å²) in [5, 5.41) is 4.41. The molecule has 2 aromatic heterocycles. The van der Waals surface area contributed by atoms with Crippen LogP contribution in [0.2, 0.25) is 0 Å². The Labute approximate surface area is 127 Å². The number of hydrogen-bond donors (Lipinski definition) is 1. The number of nitrogens with one attached hydrogen (secondary N) is 1. The minimum absolute atomic E-state index is 0.345. The van der Waals surface area contributed by atoms with Gasteiger partial charge in [-0.25, -0.2) is 4.98 Å². The van der Waals surface area contributed by atoms with E-state index in [-0.39, 0.29) is 0 Å². The fraction of sp³-hybridized carbons (Fsp3) is 0.312. The first kappa shape index (κ1) is 13.9. The molecule has 3 rings (SSSR count). The van der Waals surface area contributed by atoms with Crippen molar-refractivity contribution in [1.82, 2.24) is 4.98 Å². The van der Waals surface area contributed by atoms with Crippen molar-refractivity contribution >= 4 is 26.7 Å². The highest BCUT2D eigenvalue weighted by atomic mass is 32.1. The minimum Gasteiger partial charge on any atom is -0.497 e. The number of furan rings is 1. The van der Waals surface area contributed by atoms with Crippen LogP contribution in [0.4, 0.5) is 5.13 Å². The number of fused-ring (bicyclic) bond motifs is 1. The maximum Gasteiger partial charge on any atom is 0.184 e. The fourth-order valence-corrected chi connectivity index (χ4v) is 3.20. The lowest BCUT2D eigenvalue weighted by Crippen LogP contribution is -2.15. The molecule has 1 atom stereocenters. The highest BCUT2D eigenvalue weighted by Gasteiger charge is 2.09. The number of methoxy groups -OCH3 is 1. The number of anilines is 1. The first-order valence-corrected chi connectivity index (χ1v) is 7.80. The van der Waals surface area contributed by atoms with Crippen LogP contribution in [0.1, 0.15) is 19.1 Å². The monoisotopic (exact) mass is 302 g/mol. The van der Waals surface area contributed by atoms with Crippen molar-refractivity contribution in [2.45, 2.75) is 25.8 Å². The molecule has 1 aromatic carbocycles. The molecule has 21 heavy (non-hydrogen) atoms. The third-order valence-electron chi connectivity index (χ3n) is 3.37. The molecule has 0 radical (unpaired) electrons. The predicted molar refractivity (Wildman–Crippen MR) is 86.3 cm³/mol. The van der Waals surface area contributed by atoms with Gasteiger partial charge in [0.1, 0.15) is 11.5 Å². The Hall–Kier alpha value is -2.01. The van der Waals surface area contributed by atoms with Gasteiger partial charge in [0.2, 0.25) is 0 Å². The van der Waals surface area contributed by atoms with E-state index in [1.165, 1.54) is 0 Å². The van der Waals surface area contributed by atoms with E-state index in [1.807, 2.05) is 30.3 Å². The molecular weight excluding hydrogens is 284 g/mol. The summed E-state index contributed by atoms with van der Waals surface area (Å²) in [6.45, 7) is 2.16. The van der Waals surface area contributed by atoms with Gasteiger partial charge in [-0.2, -0.15) is 0 Å². The average molecular weight is 302 g/mol. The molecule has 3 aromatic rings. The second-order valence-corrected chi connectivity index (χ2v) is 6.05. The van der Waals surface area contributed by atoms with Gasteiger partial charge in [0.15, 0.2) is 5.13 Å². The molecule has 0 aliphatic heterocycles. The quantitative estimate of drug-likeness (QED) is 0.736. The Morgan fingerprint density at radius 1 is 1.38 bits per heavy atom. The number of nitrogens with zero attached hydrogens (tertiary/aromatic N) is 1. The Morgan fingerprint density at radius 2 is 2.29 bits per heavy atom.